The van der Waals surface area contributed by atoms with E-state index in [1.54, 1.807) is 37.4 Å². The Morgan fingerprint density at radius 3 is 2.39 bits per heavy atom. The number of piperazine rings is 1. The van der Waals surface area contributed by atoms with Gasteiger partial charge in [-0.15, -0.1) is 24.8 Å². The zero-order chi connectivity index (χ0) is 18.5. The Hall–Kier alpha value is -0.860. The molecule has 1 fully saturated rings. The third-order valence-electron chi connectivity index (χ3n) is 5.46. The molecule has 0 amide bonds. The highest BCUT2D eigenvalue weighted by Gasteiger charge is 2.36. The van der Waals surface area contributed by atoms with Crippen LogP contribution in [-0.2, 0) is 16.3 Å². The first-order valence-corrected chi connectivity index (χ1v) is 10.6. The summed E-state index contributed by atoms with van der Waals surface area (Å²) in [5, 5.41) is 12.7. The number of fused-ring (bicyclic) bond motifs is 2. The molecule has 1 unspecified atom stereocenters. The van der Waals surface area contributed by atoms with Gasteiger partial charge in [-0.1, -0.05) is 29.8 Å². The molecule has 5 nitrogen and oxygen atoms in total. The van der Waals surface area contributed by atoms with Crippen molar-refractivity contribution >= 4 is 46.3 Å². The van der Waals surface area contributed by atoms with Gasteiger partial charge in [-0.2, -0.15) is 0 Å². The van der Waals surface area contributed by atoms with E-state index in [4.69, 9.17) is 11.6 Å². The second-order valence-electron chi connectivity index (χ2n) is 7.29. The first-order chi connectivity index (χ1) is 12.3. The van der Waals surface area contributed by atoms with E-state index >= 15 is 0 Å². The van der Waals surface area contributed by atoms with E-state index < -0.39 is 9.84 Å². The van der Waals surface area contributed by atoms with Gasteiger partial charge in [0.2, 0.25) is 9.84 Å². The third kappa shape index (κ3) is 4.19. The number of benzene rings is 2. The predicted molar refractivity (Wildman–Crippen MR) is 115 cm³/mol. The SMILES string of the molecule is C[N+]1([O-])CCN(C2Cc3ccccc3S(=O)(=O)c3ccc(Cl)cc32)CC1.Cl.Cl. The van der Waals surface area contributed by atoms with Gasteiger partial charge >= 0.3 is 0 Å². The highest BCUT2D eigenvalue weighted by Crippen LogP contribution is 2.40. The standard InChI is InChI=1S/C19H21ClN2O3S.2ClH/c1-22(23)10-8-21(9-11-22)17-12-14-4-2-3-5-18(14)26(24,25)19-7-6-15(20)13-16(17)19;;/h2-7,13,17H,8-12H2,1H3;2*1H. The second kappa shape index (κ2) is 8.48. The normalized spacial score (nSPS) is 22.6. The van der Waals surface area contributed by atoms with Gasteiger partial charge in [0, 0.05) is 24.2 Å². The molecule has 0 bridgehead atoms. The van der Waals surface area contributed by atoms with Gasteiger partial charge in [-0.25, -0.2) is 8.42 Å². The quantitative estimate of drug-likeness (QED) is 0.474. The largest absolute Gasteiger partial charge is 0.633 e. The van der Waals surface area contributed by atoms with Crippen molar-refractivity contribution in [3.63, 3.8) is 0 Å². The zero-order valence-corrected chi connectivity index (χ0v) is 18.6. The van der Waals surface area contributed by atoms with E-state index in [-0.39, 0.29) is 35.5 Å². The van der Waals surface area contributed by atoms with Crippen molar-refractivity contribution < 1.29 is 13.1 Å². The lowest BCUT2D eigenvalue weighted by Crippen LogP contribution is -2.54. The molecule has 0 radical (unpaired) electrons. The third-order valence-corrected chi connectivity index (χ3v) is 7.62. The number of rotatable bonds is 1. The van der Waals surface area contributed by atoms with Gasteiger partial charge in [0.1, 0.15) is 0 Å². The van der Waals surface area contributed by atoms with Crippen LogP contribution in [0.15, 0.2) is 52.3 Å². The van der Waals surface area contributed by atoms with Crippen LogP contribution in [0.3, 0.4) is 0 Å². The molecule has 154 valence electrons. The molecule has 9 heteroatoms. The Bertz CT molecular complexity index is 957. The fourth-order valence-electron chi connectivity index (χ4n) is 3.94. The fourth-order valence-corrected chi connectivity index (χ4v) is 5.86. The minimum Gasteiger partial charge on any atom is -0.633 e. The van der Waals surface area contributed by atoms with Crippen LogP contribution < -0.4 is 0 Å². The van der Waals surface area contributed by atoms with Crippen LogP contribution >= 0.6 is 36.4 Å². The van der Waals surface area contributed by atoms with Crippen molar-refractivity contribution in [2.75, 3.05) is 33.2 Å². The maximum Gasteiger partial charge on any atom is 0.207 e. The summed E-state index contributed by atoms with van der Waals surface area (Å²) in [7, 11) is -1.91. The number of nitrogens with zero attached hydrogens (tertiary/aromatic N) is 2. The van der Waals surface area contributed by atoms with Crippen molar-refractivity contribution in [3.8, 4) is 0 Å². The van der Waals surface area contributed by atoms with Crippen molar-refractivity contribution in [1.29, 1.82) is 0 Å². The van der Waals surface area contributed by atoms with E-state index in [0.717, 1.165) is 11.1 Å². The predicted octanol–water partition coefficient (Wildman–Crippen LogP) is 3.87. The summed E-state index contributed by atoms with van der Waals surface area (Å²) in [6, 6.07) is 12.1. The summed E-state index contributed by atoms with van der Waals surface area (Å²) in [5.41, 5.74) is 1.55. The number of sulfone groups is 1. The molecular formula is C19H23Cl3N2O3S. The summed E-state index contributed by atoms with van der Waals surface area (Å²) in [4.78, 5) is 2.92. The topological polar surface area (TPSA) is 60.4 Å². The smallest absolute Gasteiger partial charge is 0.207 e. The van der Waals surface area contributed by atoms with Gasteiger partial charge in [-0.05, 0) is 41.8 Å². The lowest BCUT2D eigenvalue weighted by Gasteiger charge is -2.47. The molecular weight excluding hydrogens is 443 g/mol. The Kier molecular flexibility index (Phi) is 7.09. The first-order valence-electron chi connectivity index (χ1n) is 8.70. The molecule has 0 aliphatic carbocycles. The summed E-state index contributed by atoms with van der Waals surface area (Å²) < 4.78 is 26.2. The molecule has 28 heavy (non-hydrogen) atoms. The molecule has 2 heterocycles. The molecule has 2 aliphatic rings. The van der Waals surface area contributed by atoms with Crippen LogP contribution in [0.5, 0.6) is 0 Å². The monoisotopic (exact) mass is 464 g/mol. The molecule has 1 saturated heterocycles. The lowest BCUT2D eigenvalue weighted by atomic mass is 9.96. The summed E-state index contributed by atoms with van der Waals surface area (Å²) in [6.07, 6.45) is 0.589. The maximum atomic E-state index is 13.2. The first kappa shape index (κ1) is 23.4. The Morgan fingerprint density at radius 2 is 1.71 bits per heavy atom. The Morgan fingerprint density at radius 1 is 1.07 bits per heavy atom. The molecule has 2 aliphatic heterocycles. The van der Waals surface area contributed by atoms with Crippen molar-refractivity contribution in [2.24, 2.45) is 0 Å². The fraction of sp³-hybridized carbons (Fsp3) is 0.368. The lowest BCUT2D eigenvalue weighted by molar-refractivity contribution is -0.865. The van der Waals surface area contributed by atoms with E-state index in [9.17, 15) is 13.6 Å². The van der Waals surface area contributed by atoms with Gasteiger partial charge in [0.25, 0.3) is 0 Å². The van der Waals surface area contributed by atoms with Gasteiger partial charge in [0.05, 0.1) is 29.9 Å². The summed E-state index contributed by atoms with van der Waals surface area (Å²) in [5.74, 6) is 0. The molecule has 0 saturated carbocycles. The number of hydrogen-bond acceptors (Lipinski definition) is 4. The Balaban J connectivity index is 0.00000140. The van der Waals surface area contributed by atoms with Crippen LogP contribution in [0.4, 0.5) is 0 Å². The molecule has 2 aromatic rings. The average Bonchev–Trinajstić information content (AvgIpc) is 2.68. The number of hydrogen-bond donors (Lipinski definition) is 0. The van der Waals surface area contributed by atoms with Crippen LogP contribution in [0.2, 0.25) is 5.02 Å². The zero-order valence-electron chi connectivity index (χ0n) is 15.4. The van der Waals surface area contributed by atoms with E-state index in [2.05, 4.69) is 4.90 Å². The maximum absolute atomic E-state index is 13.2. The average molecular weight is 466 g/mol. The van der Waals surface area contributed by atoms with E-state index in [1.807, 2.05) is 12.1 Å². The highest BCUT2D eigenvalue weighted by molar-refractivity contribution is 7.91. The minimum absolute atomic E-state index is 0. The molecule has 0 N–H and O–H groups in total. The van der Waals surface area contributed by atoms with Gasteiger partial charge in [-0.3, -0.25) is 4.90 Å². The van der Waals surface area contributed by atoms with Crippen molar-refractivity contribution in [1.82, 2.24) is 4.90 Å². The Labute approximate surface area is 183 Å². The molecule has 1 atom stereocenters. The van der Waals surface area contributed by atoms with E-state index in [0.29, 0.717) is 47.4 Å². The number of hydroxylamine groups is 3. The van der Waals surface area contributed by atoms with Crippen LogP contribution in [0.1, 0.15) is 17.2 Å². The molecule has 0 aromatic heterocycles. The summed E-state index contributed by atoms with van der Waals surface area (Å²) >= 11 is 6.22. The van der Waals surface area contributed by atoms with Gasteiger partial charge < -0.3 is 9.85 Å². The summed E-state index contributed by atoms with van der Waals surface area (Å²) in [6.45, 7) is 2.28. The van der Waals surface area contributed by atoms with Crippen molar-refractivity contribution in [2.45, 2.75) is 22.3 Å². The van der Waals surface area contributed by atoms with Crippen LogP contribution in [0, 0.1) is 5.21 Å². The molecule has 4 rings (SSSR count). The molecule has 0 spiro atoms. The number of halogens is 3. The van der Waals surface area contributed by atoms with Crippen LogP contribution in [-0.4, -0.2) is 51.2 Å². The number of quaternary nitrogens is 1. The molecule has 2 aromatic carbocycles. The van der Waals surface area contributed by atoms with Crippen LogP contribution in [0.25, 0.3) is 0 Å². The van der Waals surface area contributed by atoms with Gasteiger partial charge in [0.15, 0.2) is 0 Å². The highest BCUT2D eigenvalue weighted by atomic mass is 35.5. The van der Waals surface area contributed by atoms with E-state index in [1.165, 1.54) is 0 Å². The van der Waals surface area contributed by atoms with Crippen molar-refractivity contribution in [3.05, 3.63) is 63.8 Å². The second-order valence-corrected chi connectivity index (χ2v) is 9.62. The number of likely N-dealkylation sites (N-methyl/N-ethyl adjacent to an activating group) is 1. The minimum atomic E-state index is -3.60.